The molecule has 94 valence electrons. The van der Waals surface area contributed by atoms with Crippen LogP contribution >= 0.6 is 15.9 Å². The van der Waals surface area contributed by atoms with Crippen molar-refractivity contribution in [3.8, 4) is 0 Å². The van der Waals surface area contributed by atoms with E-state index in [-0.39, 0.29) is 5.78 Å². The topological polar surface area (TPSA) is 34.1 Å². The number of allylic oxidation sites excluding steroid dienone is 1. The molecule has 0 amide bonds. The fourth-order valence-electron chi connectivity index (χ4n) is 2.05. The number of Topliss-reactive ketones (excluding diaryl/α,β-unsaturated/α-hetero) is 1. The molecule has 0 aliphatic carbocycles. The maximum atomic E-state index is 12.6. The molecule has 2 aromatic rings. The van der Waals surface area contributed by atoms with E-state index in [0.717, 1.165) is 5.56 Å². The Morgan fingerprint density at radius 1 is 0.895 bits per heavy atom. The first kappa shape index (κ1) is 12.5. The number of carbonyl (C=O) groups is 1. The Balaban J connectivity index is 2.25. The van der Waals surface area contributed by atoms with Gasteiger partial charge in [0.1, 0.15) is 0 Å². The standard InChI is InChI=1S/C15H9BrO2S/c16-13-14(17)11-8-4-5-9-12(11)19(18)15(13)10-6-2-1-3-7-10/h1-9H. The van der Waals surface area contributed by atoms with E-state index in [9.17, 15) is 9.00 Å². The Morgan fingerprint density at radius 2 is 1.53 bits per heavy atom. The summed E-state index contributed by atoms with van der Waals surface area (Å²) in [6.45, 7) is 0. The number of halogens is 1. The molecule has 1 aliphatic rings. The average Bonchev–Trinajstić information content (AvgIpc) is 2.46. The molecule has 1 unspecified atom stereocenters. The summed E-state index contributed by atoms with van der Waals surface area (Å²) in [6.07, 6.45) is 0. The fourth-order valence-corrected chi connectivity index (χ4v) is 4.32. The summed E-state index contributed by atoms with van der Waals surface area (Å²) in [6, 6.07) is 16.4. The first-order chi connectivity index (χ1) is 9.20. The van der Waals surface area contributed by atoms with Crippen LogP contribution in [0, 0.1) is 0 Å². The predicted molar refractivity (Wildman–Crippen MR) is 79.5 cm³/mol. The highest BCUT2D eigenvalue weighted by Gasteiger charge is 2.30. The van der Waals surface area contributed by atoms with E-state index in [1.165, 1.54) is 0 Å². The largest absolute Gasteiger partial charge is 0.288 e. The molecule has 0 spiro atoms. The molecular weight excluding hydrogens is 324 g/mol. The molecular formula is C15H9BrO2S. The van der Waals surface area contributed by atoms with Crippen molar-refractivity contribution < 1.29 is 9.00 Å². The third-order valence-corrected chi connectivity index (χ3v) is 5.54. The van der Waals surface area contributed by atoms with Crippen LogP contribution in [0.5, 0.6) is 0 Å². The van der Waals surface area contributed by atoms with E-state index in [1.807, 2.05) is 30.3 Å². The van der Waals surface area contributed by atoms with Crippen molar-refractivity contribution in [1.29, 1.82) is 0 Å². The molecule has 4 heteroatoms. The van der Waals surface area contributed by atoms with E-state index in [4.69, 9.17) is 0 Å². The third kappa shape index (κ3) is 2.01. The monoisotopic (exact) mass is 332 g/mol. The van der Waals surface area contributed by atoms with Crippen LogP contribution in [0.4, 0.5) is 0 Å². The number of hydrogen-bond acceptors (Lipinski definition) is 2. The van der Waals surface area contributed by atoms with Gasteiger partial charge in [-0.15, -0.1) is 0 Å². The number of rotatable bonds is 1. The van der Waals surface area contributed by atoms with Crippen molar-refractivity contribution in [3.63, 3.8) is 0 Å². The van der Waals surface area contributed by atoms with Crippen LogP contribution in [0.2, 0.25) is 0 Å². The van der Waals surface area contributed by atoms with E-state index >= 15 is 0 Å². The first-order valence-electron chi connectivity index (χ1n) is 5.71. The van der Waals surface area contributed by atoms with Gasteiger partial charge in [0.2, 0.25) is 5.78 Å². The van der Waals surface area contributed by atoms with E-state index in [1.54, 1.807) is 24.3 Å². The van der Waals surface area contributed by atoms with Crippen molar-refractivity contribution in [2.45, 2.75) is 4.90 Å². The van der Waals surface area contributed by atoms with Gasteiger partial charge in [0.25, 0.3) is 0 Å². The van der Waals surface area contributed by atoms with Gasteiger partial charge in [0.05, 0.1) is 25.1 Å². The molecule has 0 bridgehead atoms. The van der Waals surface area contributed by atoms with Crippen LogP contribution in [-0.2, 0) is 10.8 Å². The van der Waals surface area contributed by atoms with Gasteiger partial charge in [0, 0.05) is 5.56 Å². The summed E-state index contributed by atoms with van der Waals surface area (Å²) >= 11 is 3.30. The number of fused-ring (bicyclic) bond motifs is 1. The van der Waals surface area contributed by atoms with Crippen LogP contribution in [-0.4, -0.2) is 9.99 Å². The predicted octanol–water partition coefficient (Wildman–Crippen LogP) is 3.75. The molecule has 3 rings (SSSR count). The lowest BCUT2D eigenvalue weighted by Gasteiger charge is -2.18. The van der Waals surface area contributed by atoms with Crippen LogP contribution in [0.3, 0.4) is 0 Å². The van der Waals surface area contributed by atoms with Gasteiger partial charge in [0.15, 0.2) is 0 Å². The summed E-state index contributed by atoms with van der Waals surface area (Å²) in [5.74, 6) is -0.117. The van der Waals surface area contributed by atoms with Crippen LogP contribution in [0.25, 0.3) is 4.91 Å². The zero-order valence-electron chi connectivity index (χ0n) is 9.80. The van der Waals surface area contributed by atoms with Gasteiger partial charge in [-0.25, -0.2) is 4.21 Å². The molecule has 1 atom stereocenters. The summed E-state index contributed by atoms with van der Waals surface area (Å²) in [7, 11) is -1.34. The number of benzene rings is 2. The Morgan fingerprint density at radius 3 is 2.26 bits per heavy atom. The summed E-state index contributed by atoms with van der Waals surface area (Å²) in [4.78, 5) is 13.4. The Hall–Kier alpha value is -1.52. The van der Waals surface area contributed by atoms with Crippen molar-refractivity contribution >= 4 is 37.4 Å². The van der Waals surface area contributed by atoms with Crippen molar-refractivity contribution in [1.82, 2.24) is 0 Å². The highest BCUT2D eigenvalue weighted by Crippen LogP contribution is 2.38. The molecule has 0 saturated heterocycles. The Kier molecular flexibility index (Phi) is 3.21. The Bertz CT molecular complexity index is 720. The second-order valence-corrected chi connectivity index (χ2v) is 6.28. The van der Waals surface area contributed by atoms with Crippen molar-refractivity contribution in [3.05, 3.63) is 70.2 Å². The molecule has 0 aromatic heterocycles. The number of hydrogen-bond donors (Lipinski definition) is 0. The maximum Gasteiger partial charge on any atom is 0.202 e. The maximum absolute atomic E-state index is 12.6. The van der Waals surface area contributed by atoms with Crippen LogP contribution < -0.4 is 0 Å². The van der Waals surface area contributed by atoms with E-state index < -0.39 is 10.8 Å². The molecule has 2 nitrogen and oxygen atoms in total. The summed E-state index contributed by atoms with van der Waals surface area (Å²) in [5, 5.41) is 0. The lowest BCUT2D eigenvalue weighted by Crippen LogP contribution is -2.14. The second-order valence-electron chi connectivity index (χ2n) is 4.10. The lowest BCUT2D eigenvalue weighted by atomic mass is 10.1. The van der Waals surface area contributed by atoms with Gasteiger partial charge in [-0.3, -0.25) is 4.79 Å². The minimum atomic E-state index is -1.34. The highest BCUT2D eigenvalue weighted by molar-refractivity contribution is 9.12. The molecule has 2 aromatic carbocycles. The van der Waals surface area contributed by atoms with Gasteiger partial charge in [-0.1, -0.05) is 42.5 Å². The molecule has 0 fully saturated rings. The van der Waals surface area contributed by atoms with Gasteiger partial charge in [-0.2, -0.15) is 0 Å². The molecule has 0 radical (unpaired) electrons. The van der Waals surface area contributed by atoms with Crippen LogP contribution in [0.1, 0.15) is 15.9 Å². The molecule has 0 N–H and O–H groups in total. The smallest absolute Gasteiger partial charge is 0.202 e. The average molecular weight is 333 g/mol. The molecule has 0 saturated carbocycles. The molecule has 19 heavy (non-hydrogen) atoms. The van der Waals surface area contributed by atoms with E-state index in [2.05, 4.69) is 15.9 Å². The lowest BCUT2D eigenvalue weighted by molar-refractivity contribution is 0.104. The fraction of sp³-hybridized carbons (Fsp3) is 0. The second kappa shape index (κ2) is 4.87. The van der Waals surface area contributed by atoms with Gasteiger partial charge in [-0.05, 0) is 33.6 Å². The highest BCUT2D eigenvalue weighted by atomic mass is 79.9. The van der Waals surface area contributed by atoms with Crippen molar-refractivity contribution in [2.75, 3.05) is 0 Å². The van der Waals surface area contributed by atoms with Crippen molar-refractivity contribution in [2.24, 2.45) is 0 Å². The third-order valence-electron chi connectivity index (χ3n) is 2.95. The number of ketones is 1. The summed E-state index contributed by atoms with van der Waals surface area (Å²) < 4.78 is 13.0. The zero-order valence-corrected chi connectivity index (χ0v) is 12.2. The van der Waals surface area contributed by atoms with Gasteiger partial charge < -0.3 is 0 Å². The molecule has 1 heterocycles. The number of carbonyl (C=O) groups excluding carboxylic acids is 1. The normalized spacial score (nSPS) is 18.4. The van der Waals surface area contributed by atoms with Gasteiger partial charge >= 0.3 is 0 Å². The summed E-state index contributed by atoms with van der Waals surface area (Å²) in [5.41, 5.74) is 1.31. The minimum absolute atomic E-state index is 0.117. The Labute approximate surface area is 121 Å². The first-order valence-corrected chi connectivity index (χ1v) is 7.65. The SMILES string of the molecule is O=C1C(Br)=C(c2ccccc2)S(=O)c2ccccc21. The minimum Gasteiger partial charge on any atom is -0.288 e. The molecule has 1 aliphatic heterocycles. The zero-order chi connectivity index (χ0) is 13.4. The van der Waals surface area contributed by atoms with E-state index in [0.29, 0.717) is 19.8 Å². The van der Waals surface area contributed by atoms with Crippen LogP contribution in [0.15, 0.2) is 64.0 Å². The quantitative estimate of drug-likeness (QED) is 0.796.